The molecule has 1 aromatic carbocycles. The fraction of sp³-hybridized carbons (Fsp3) is 0.600. The first kappa shape index (κ1) is 14.3. The second-order valence-electron chi connectivity index (χ2n) is 4.84. The summed E-state index contributed by atoms with van der Waals surface area (Å²) in [7, 11) is 0. The van der Waals surface area contributed by atoms with Crippen molar-refractivity contribution in [3.05, 3.63) is 29.8 Å². The van der Waals surface area contributed by atoms with Crippen LogP contribution < -0.4 is 10.5 Å². The molecule has 2 N–H and O–H groups in total. The van der Waals surface area contributed by atoms with Gasteiger partial charge in [-0.3, -0.25) is 4.90 Å². The van der Waals surface area contributed by atoms with Crippen LogP contribution in [0.4, 0.5) is 0 Å². The van der Waals surface area contributed by atoms with Crippen LogP contribution in [0.15, 0.2) is 24.3 Å². The van der Waals surface area contributed by atoms with Crippen LogP contribution in [-0.4, -0.2) is 50.9 Å². The fourth-order valence-corrected chi connectivity index (χ4v) is 2.18. The average molecular weight is 264 g/mol. The summed E-state index contributed by atoms with van der Waals surface area (Å²) in [6, 6.07) is 8.34. The predicted octanol–water partition coefficient (Wildman–Crippen LogP) is 1.29. The van der Waals surface area contributed by atoms with Crippen LogP contribution in [0.5, 0.6) is 5.75 Å². The van der Waals surface area contributed by atoms with E-state index in [1.54, 1.807) is 0 Å². The second kappa shape index (κ2) is 8.15. The molecule has 1 aromatic rings. The van der Waals surface area contributed by atoms with Crippen LogP contribution in [0.25, 0.3) is 0 Å². The highest BCUT2D eigenvalue weighted by Gasteiger charge is 2.09. The van der Waals surface area contributed by atoms with Crippen molar-refractivity contribution in [3.63, 3.8) is 0 Å². The topological polar surface area (TPSA) is 47.7 Å². The molecule has 1 fully saturated rings. The van der Waals surface area contributed by atoms with E-state index in [-0.39, 0.29) is 0 Å². The first-order valence-corrected chi connectivity index (χ1v) is 7.10. The average Bonchev–Trinajstić information content (AvgIpc) is 2.47. The molecule has 1 heterocycles. The molecule has 0 aromatic heterocycles. The highest BCUT2D eigenvalue weighted by Crippen LogP contribution is 2.13. The van der Waals surface area contributed by atoms with Crippen LogP contribution in [0.1, 0.15) is 12.0 Å². The van der Waals surface area contributed by atoms with Gasteiger partial charge >= 0.3 is 0 Å². The van der Waals surface area contributed by atoms with E-state index in [4.69, 9.17) is 15.2 Å². The Morgan fingerprint density at radius 2 is 1.89 bits per heavy atom. The molecule has 0 bridgehead atoms. The van der Waals surface area contributed by atoms with Crippen molar-refractivity contribution in [1.29, 1.82) is 0 Å². The van der Waals surface area contributed by atoms with Crippen molar-refractivity contribution in [3.8, 4) is 5.75 Å². The lowest BCUT2D eigenvalue weighted by Crippen LogP contribution is -2.38. The van der Waals surface area contributed by atoms with E-state index in [0.29, 0.717) is 0 Å². The maximum Gasteiger partial charge on any atom is 0.119 e. The van der Waals surface area contributed by atoms with E-state index >= 15 is 0 Å². The maximum atomic E-state index is 5.76. The Labute approximate surface area is 115 Å². The summed E-state index contributed by atoms with van der Waals surface area (Å²) in [6.45, 7) is 6.17. The predicted molar refractivity (Wildman–Crippen MR) is 76.6 cm³/mol. The lowest BCUT2D eigenvalue weighted by molar-refractivity contribution is 0.0322. The zero-order valence-corrected chi connectivity index (χ0v) is 11.5. The fourth-order valence-electron chi connectivity index (χ4n) is 2.18. The molecule has 1 saturated heterocycles. The van der Waals surface area contributed by atoms with Gasteiger partial charge in [0.25, 0.3) is 0 Å². The van der Waals surface area contributed by atoms with Gasteiger partial charge in [0.1, 0.15) is 12.4 Å². The van der Waals surface area contributed by atoms with Crippen molar-refractivity contribution in [2.75, 3.05) is 46.0 Å². The molecule has 2 rings (SSSR count). The Kier molecular flexibility index (Phi) is 6.14. The Morgan fingerprint density at radius 3 is 2.58 bits per heavy atom. The lowest BCUT2D eigenvalue weighted by atomic mass is 10.1. The van der Waals surface area contributed by atoms with Crippen molar-refractivity contribution in [1.82, 2.24) is 4.90 Å². The van der Waals surface area contributed by atoms with Gasteiger partial charge in [0, 0.05) is 19.6 Å². The van der Waals surface area contributed by atoms with E-state index in [0.717, 1.165) is 64.6 Å². The van der Waals surface area contributed by atoms with Gasteiger partial charge < -0.3 is 15.2 Å². The Morgan fingerprint density at radius 1 is 1.16 bits per heavy atom. The standard InChI is InChI=1S/C15H24N2O2/c16-7-1-2-14-3-5-15(6-4-14)19-13-10-17-8-11-18-12-9-17/h3-6H,1-2,7-13,16H2. The van der Waals surface area contributed by atoms with Gasteiger partial charge in [-0.1, -0.05) is 12.1 Å². The van der Waals surface area contributed by atoms with Gasteiger partial charge in [-0.2, -0.15) is 0 Å². The monoisotopic (exact) mass is 264 g/mol. The Hall–Kier alpha value is -1.10. The molecular formula is C15H24N2O2. The molecule has 4 nitrogen and oxygen atoms in total. The first-order chi connectivity index (χ1) is 9.38. The first-order valence-electron chi connectivity index (χ1n) is 7.10. The summed E-state index contributed by atoms with van der Waals surface area (Å²) in [5, 5.41) is 0. The summed E-state index contributed by atoms with van der Waals surface area (Å²) in [5.74, 6) is 0.949. The number of nitrogens with two attached hydrogens (primary N) is 1. The maximum absolute atomic E-state index is 5.76. The van der Waals surface area contributed by atoms with E-state index in [1.807, 2.05) is 12.1 Å². The number of hydrogen-bond donors (Lipinski definition) is 1. The highest BCUT2D eigenvalue weighted by atomic mass is 16.5. The molecule has 1 aliphatic rings. The molecule has 0 amide bonds. The molecule has 0 atom stereocenters. The molecule has 19 heavy (non-hydrogen) atoms. The molecule has 0 spiro atoms. The molecule has 0 unspecified atom stereocenters. The number of aryl methyl sites for hydroxylation is 1. The third kappa shape index (κ3) is 5.19. The van der Waals surface area contributed by atoms with E-state index in [1.165, 1.54) is 5.56 Å². The van der Waals surface area contributed by atoms with Crippen LogP contribution >= 0.6 is 0 Å². The highest BCUT2D eigenvalue weighted by molar-refractivity contribution is 5.27. The lowest BCUT2D eigenvalue weighted by Gasteiger charge is -2.26. The van der Waals surface area contributed by atoms with Gasteiger partial charge in [0.2, 0.25) is 0 Å². The largest absolute Gasteiger partial charge is 0.492 e. The van der Waals surface area contributed by atoms with Crippen molar-refractivity contribution in [2.24, 2.45) is 5.73 Å². The molecule has 4 heteroatoms. The zero-order chi connectivity index (χ0) is 13.3. The minimum Gasteiger partial charge on any atom is -0.492 e. The minimum atomic E-state index is 0.738. The summed E-state index contributed by atoms with van der Waals surface area (Å²) >= 11 is 0. The number of nitrogens with zero attached hydrogens (tertiary/aromatic N) is 1. The molecule has 0 saturated carbocycles. The molecular weight excluding hydrogens is 240 g/mol. The van der Waals surface area contributed by atoms with E-state index in [2.05, 4.69) is 17.0 Å². The summed E-state index contributed by atoms with van der Waals surface area (Å²) < 4.78 is 11.1. The summed E-state index contributed by atoms with van der Waals surface area (Å²) in [5.41, 5.74) is 6.83. The van der Waals surface area contributed by atoms with Gasteiger partial charge in [0.15, 0.2) is 0 Å². The number of hydrogen-bond acceptors (Lipinski definition) is 4. The zero-order valence-electron chi connectivity index (χ0n) is 11.5. The van der Waals surface area contributed by atoms with Crippen molar-refractivity contribution in [2.45, 2.75) is 12.8 Å². The minimum absolute atomic E-state index is 0.738. The van der Waals surface area contributed by atoms with Crippen LogP contribution in [0.3, 0.4) is 0 Å². The van der Waals surface area contributed by atoms with Crippen molar-refractivity contribution < 1.29 is 9.47 Å². The SMILES string of the molecule is NCCCc1ccc(OCCN2CCOCC2)cc1. The quantitative estimate of drug-likeness (QED) is 0.806. The summed E-state index contributed by atoms with van der Waals surface area (Å²) in [6.07, 6.45) is 2.09. The smallest absolute Gasteiger partial charge is 0.119 e. The molecule has 106 valence electrons. The normalized spacial score (nSPS) is 16.5. The van der Waals surface area contributed by atoms with E-state index < -0.39 is 0 Å². The van der Waals surface area contributed by atoms with Gasteiger partial charge in [-0.25, -0.2) is 0 Å². The molecule has 0 radical (unpaired) electrons. The Balaban J connectivity index is 1.67. The number of benzene rings is 1. The van der Waals surface area contributed by atoms with E-state index in [9.17, 15) is 0 Å². The van der Waals surface area contributed by atoms with Crippen LogP contribution in [0, 0.1) is 0 Å². The Bertz CT molecular complexity index is 348. The van der Waals surface area contributed by atoms with Gasteiger partial charge in [-0.15, -0.1) is 0 Å². The number of ether oxygens (including phenoxy) is 2. The molecule has 1 aliphatic heterocycles. The third-order valence-electron chi connectivity index (χ3n) is 3.37. The second-order valence-corrected chi connectivity index (χ2v) is 4.84. The van der Waals surface area contributed by atoms with Crippen molar-refractivity contribution >= 4 is 0 Å². The van der Waals surface area contributed by atoms with Gasteiger partial charge in [0.05, 0.1) is 13.2 Å². The van der Waals surface area contributed by atoms with Crippen LogP contribution in [0.2, 0.25) is 0 Å². The number of rotatable bonds is 7. The summed E-state index contributed by atoms with van der Waals surface area (Å²) in [4.78, 5) is 2.37. The molecule has 0 aliphatic carbocycles. The van der Waals surface area contributed by atoms with Gasteiger partial charge in [-0.05, 0) is 37.1 Å². The van der Waals surface area contributed by atoms with Crippen LogP contribution in [-0.2, 0) is 11.2 Å². The number of morpholine rings is 1. The third-order valence-corrected chi connectivity index (χ3v) is 3.37.